The Labute approximate surface area is 108 Å². The van der Waals surface area contributed by atoms with Crippen LogP contribution >= 0.6 is 11.3 Å². The van der Waals surface area contributed by atoms with Gasteiger partial charge in [0.15, 0.2) is 0 Å². The third kappa shape index (κ3) is 3.23. The number of thiazole rings is 1. The Hall–Kier alpha value is -0.620. The van der Waals surface area contributed by atoms with Gasteiger partial charge in [-0.15, -0.1) is 11.3 Å². The Morgan fingerprint density at radius 3 is 2.61 bits per heavy atom. The van der Waals surface area contributed by atoms with Crippen molar-refractivity contribution in [3.8, 4) is 0 Å². The summed E-state index contributed by atoms with van der Waals surface area (Å²) >= 11 is 1.57. The molecule has 0 spiro atoms. The number of fused-ring (bicyclic) bond motifs is 1. The molecule has 102 valence electrons. The first-order chi connectivity index (χ1) is 8.28. The van der Waals surface area contributed by atoms with E-state index in [0.717, 1.165) is 30.0 Å². The highest BCUT2D eigenvalue weighted by atomic mass is 32.1. The highest BCUT2D eigenvalue weighted by Gasteiger charge is 2.31. The highest BCUT2D eigenvalue weighted by Crippen LogP contribution is 2.35. The summed E-state index contributed by atoms with van der Waals surface area (Å²) in [5.41, 5.74) is 6.47. The van der Waals surface area contributed by atoms with E-state index in [2.05, 4.69) is 4.98 Å². The van der Waals surface area contributed by atoms with Crippen LogP contribution in [-0.4, -0.2) is 11.2 Å². The van der Waals surface area contributed by atoms with Crippen molar-refractivity contribution in [3.05, 3.63) is 15.6 Å². The van der Waals surface area contributed by atoms with Crippen molar-refractivity contribution in [3.63, 3.8) is 0 Å². The molecule has 2 nitrogen and oxygen atoms in total. The largest absolute Gasteiger partial charge is 0.389 e. The smallest absolute Gasteiger partial charge is 0.320 e. The number of halogens is 3. The average Bonchev–Trinajstić information content (AvgIpc) is 2.72. The molecule has 0 aliphatic heterocycles. The molecule has 1 heterocycles. The second kappa shape index (κ2) is 4.81. The van der Waals surface area contributed by atoms with Gasteiger partial charge in [0, 0.05) is 11.3 Å². The maximum atomic E-state index is 12.1. The van der Waals surface area contributed by atoms with E-state index < -0.39 is 18.1 Å². The van der Waals surface area contributed by atoms with Gasteiger partial charge in [-0.05, 0) is 39.0 Å². The van der Waals surface area contributed by atoms with Crippen molar-refractivity contribution >= 4 is 11.3 Å². The van der Waals surface area contributed by atoms with Gasteiger partial charge in [-0.2, -0.15) is 13.2 Å². The molecule has 2 rings (SSSR count). The van der Waals surface area contributed by atoms with E-state index in [1.165, 1.54) is 4.88 Å². The van der Waals surface area contributed by atoms with Gasteiger partial charge in [0.05, 0.1) is 11.2 Å². The summed E-state index contributed by atoms with van der Waals surface area (Å²) in [6.07, 6.45) is -1.36. The molecule has 0 saturated heterocycles. The molecule has 1 aliphatic carbocycles. The quantitative estimate of drug-likeness (QED) is 0.915. The summed E-state index contributed by atoms with van der Waals surface area (Å²) in [7, 11) is 0. The van der Waals surface area contributed by atoms with E-state index in [1.54, 1.807) is 18.3 Å². The predicted molar refractivity (Wildman–Crippen MR) is 65.6 cm³/mol. The van der Waals surface area contributed by atoms with Crippen molar-refractivity contribution in [2.75, 3.05) is 0 Å². The first-order valence-electron chi connectivity index (χ1n) is 6.13. The fourth-order valence-electron chi connectivity index (χ4n) is 2.20. The van der Waals surface area contributed by atoms with Gasteiger partial charge in [0.1, 0.15) is 5.01 Å². The molecule has 1 unspecified atom stereocenters. The molecule has 0 bridgehead atoms. The average molecular weight is 278 g/mol. The second-order valence-corrected chi connectivity index (χ2v) is 6.21. The van der Waals surface area contributed by atoms with Crippen LogP contribution < -0.4 is 5.73 Å². The molecule has 1 aromatic heterocycles. The summed E-state index contributed by atoms with van der Waals surface area (Å²) in [5, 5.41) is 0.786. The zero-order chi connectivity index (χ0) is 13.4. The number of nitrogens with two attached hydrogens (primary N) is 1. The summed E-state index contributed by atoms with van der Waals surface area (Å²) < 4.78 is 36.3. The van der Waals surface area contributed by atoms with E-state index in [0.29, 0.717) is 6.42 Å². The lowest BCUT2D eigenvalue weighted by Crippen LogP contribution is -2.33. The van der Waals surface area contributed by atoms with Gasteiger partial charge < -0.3 is 5.73 Å². The van der Waals surface area contributed by atoms with Crippen LogP contribution in [0.25, 0.3) is 0 Å². The fourth-order valence-corrected chi connectivity index (χ4v) is 3.43. The van der Waals surface area contributed by atoms with Gasteiger partial charge in [-0.25, -0.2) is 4.98 Å². The maximum absolute atomic E-state index is 12.1. The summed E-state index contributed by atoms with van der Waals surface area (Å²) in [4.78, 5) is 5.75. The lowest BCUT2D eigenvalue weighted by atomic mass is 9.97. The van der Waals surface area contributed by atoms with Crippen molar-refractivity contribution in [2.45, 2.75) is 57.2 Å². The van der Waals surface area contributed by atoms with Crippen molar-refractivity contribution < 1.29 is 13.2 Å². The number of hydrogen-bond donors (Lipinski definition) is 1. The number of hydrogen-bond acceptors (Lipinski definition) is 3. The Morgan fingerprint density at radius 1 is 1.28 bits per heavy atom. The second-order valence-electron chi connectivity index (χ2n) is 5.13. The Kier molecular flexibility index (Phi) is 3.69. The molecule has 1 aromatic rings. The number of nitrogens with zero attached hydrogens (tertiary/aromatic N) is 1. The summed E-state index contributed by atoms with van der Waals surface area (Å²) in [6, 6.07) is 0. The van der Waals surface area contributed by atoms with Gasteiger partial charge in [0.2, 0.25) is 0 Å². The zero-order valence-corrected chi connectivity index (χ0v) is 11.1. The number of aryl methyl sites for hydroxylation is 2. The predicted octanol–water partition coefficient (Wildman–Crippen LogP) is 3.54. The van der Waals surface area contributed by atoms with Crippen LogP contribution in [-0.2, 0) is 18.4 Å². The molecule has 0 radical (unpaired) electrons. The van der Waals surface area contributed by atoms with Crippen molar-refractivity contribution in [1.29, 1.82) is 0 Å². The molecule has 1 aliphatic rings. The van der Waals surface area contributed by atoms with Crippen LogP contribution in [0.15, 0.2) is 0 Å². The van der Waals surface area contributed by atoms with Crippen LogP contribution in [0.5, 0.6) is 0 Å². The van der Waals surface area contributed by atoms with E-state index >= 15 is 0 Å². The molecule has 18 heavy (non-hydrogen) atoms. The highest BCUT2D eigenvalue weighted by molar-refractivity contribution is 7.12. The summed E-state index contributed by atoms with van der Waals surface area (Å²) in [6.45, 7) is 1.78. The van der Waals surface area contributed by atoms with Crippen LogP contribution in [0, 0.1) is 0 Å². The minimum Gasteiger partial charge on any atom is -0.320 e. The lowest BCUT2D eigenvalue weighted by Gasteiger charge is -2.22. The van der Waals surface area contributed by atoms with Crippen LogP contribution in [0.4, 0.5) is 13.2 Å². The molecule has 0 amide bonds. The van der Waals surface area contributed by atoms with Gasteiger partial charge >= 0.3 is 6.18 Å². The fraction of sp³-hybridized carbons (Fsp3) is 0.750. The van der Waals surface area contributed by atoms with E-state index in [-0.39, 0.29) is 6.42 Å². The standard InChI is InChI=1S/C12H17F3N2S/c1-11(16,6-3-7-12(13,14)15)10-17-8-4-2-5-9(8)18-10/h2-7,16H2,1H3. The lowest BCUT2D eigenvalue weighted by molar-refractivity contribution is -0.136. The maximum Gasteiger partial charge on any atom is 0.389 e. The molecule has 1 atom stereocenters. The first kappa shape index (κ1) is 13.8. The van der Waals surface area contributed by atoms with Crippen molar-refractivity contribution in [1.82, 2.24) is 4.98 Å². The third-order valence-corrected chi connectivity index (χ3v) is 4.68. The minimum atomic E-state index is -4.10. The minimum absolute atomic E-state index is 0.0563. The van der Waals surface area contributed by atoms with E-state index in [4.69, 9.17) is 5.73 Å². The topological polar surface area (TPSA) is 38.9 Å². The molecule has 0 aromatic carbocycles. The first-order valence-corrected chi connectivity index (χ1v) is 6.94. The van der Waals surface area contributed by atoms with Crippen LogP contribution in [0.1, 0.15) is 48.2 Å². The van der Waals surface area contributed by atoms with Gasteiger partial charge in [0.25, 0.3) is 0 Å². The SMILES string of the molecule is CC(N)(CCCC(F)(F)F)c1nc2c(s1)CCC2. The Morgan fingerprint density at radius 2 is 2.00 bits per heavy atom. The molecule has 0 saturated carbocycles. The molecule has 6 heteroatoms. The van der Waals surface area contributed by atoms with Crippen molar-refractivity contribution in [2.24, 2.45) is 5.73 Å². The summed E-state index contributed by atoms with van der Waals surface area (Å²) in [5.74, 6) is 0. The normalized spacial score (nSPS) is 18.7. The number of alkyl halides is 3. The number of rotatable bonds is 4. The molecular formula is C12H17F3N2S. The molecule has 2 N–H and O–H groups in total. The van der Waals surface area contributed by atoms with Gasteiger partial charge in [-0.3, -0.25) is 0 Å². The van der Waals surface area contributed by atoms with Crippen LogP contribution in [0.3, 0.4) is 0 Å². The van der Waals surface area contributed by atoms with Crippen LogP contribution in [0.2, 0.25) is 0 Å². The Balaban J connectivity index is 1.97. The Bertz CT molecular complexity index is 402. The monoisotopic (exact) mass is 278 g/mol. The zero-order valence-electron chi connectivity index (χ0n) is 10.3. The molecule has 0 fully saturated rings. The number of aromatic nitrogens is 1. The van der Waals surface area contributed by atoms with E-state index in [1.807, 2.05) is 0 Å². The van der Waals surface area contributed by atoms with Gasteiger partial charge in [-0.1, -0.05) is 0 Å². The third-order valence-electron chi connectivity index (χ3n) is 3.24. The molecular weight excluding hydrogens is 261 g/mol. The van der Waals surface area contributed by atoms with E-state index in [9.17, 15) is 13.2 Å².